The summed E-state index contributed by atoms with van der Waals surface area (Å²) < 4.78 is 0.465. The van der Waals surface area contributed by atoms with Gasteiger partial charge in [0.15, 0.2) is 0 Å². The third-order valence-electron chi connectivity index (χ3n) is 1.38. The summed E-state index contributed by atoms with van der Waals surface area (Å²) in [5.74, 6) is -0.938. The maximum Gasteiger partial charge on any atom is 0.335 e. The maximum absolute atomic E-state index is 10.4. The maximum atomic E-state index is 10.4. The molecule has 2 nitrogen and oxygen atoms in total. The molecule has 0 fully saturated rings. The normalized spacial score (nSPS) is 9.42. The van der Waals surface area contributed by atoms with Crippen LogP contribution in [0.15, 0.2) is 24.3 Å². The van der Waals surface area contributed by atoms with E-state index in [1.165, 1.54) is 12.1 Å². The lowest BCUT2D eigenvalue weighted by atomic mass is 10.1. The van der Waals surface area contributed by atoms with Crippen LogP contribution in [0.1, 0.15) is 15.9 Å². The largest absolute Gasteiger partial charge is 0.478 e. The number of hydrogen-bond acceptors (Lipinski definition) is 2. The minimum absolute atomic E-state index is 0.253. The van der Waals surface area contributed by atoms with Gasteiger partial charge in [0.1, 0.15) is 0 Å². The molecule has 0 spiro atoms. The van der Waals surface area contributed by atoms with Crippen LogP contribution in [0.3, 0.4) is 0 Å². The van der Waals surface area contributed by atoms with E-state index in [0.29, 0.717) is 4.20 Å². The van der Waals surface area contributed by atoms with Gasteiger partial charge in [-0.2, -0.15) is 0 Å². The van der Waals surface area contributed by atoms with E-state index in [4.69, 9.17) is 17.3 Å². The van der Waals surface area contributed by atoms with Crippen molar-refractivity contribution >= 4 is 35.0 Å². The molecule has 0 bridgehead atoms. The van der Waals surface area contributed by atoms with Crippen LogP contribution in [0.25, 0.3) is 0 Å². The number of carboxylic acids is 1. The number of thiol groups is 1. The van der Waals surface area contributed by atoms with Gasteiger partial charge >= 0.3 is 5.97 Å². The highest BCUT2D eigenvalue weighted by Gasteiger charge is 2.01. The number of rotatable bonds is 2. The lowest BCUT2D eigenvalue weighted by molar-refractivity contribution is 0.0697. The van der Waals surface area contributed by atoms with Crippen molar-refractivity contribution < 1.29 is 9.90 Å². The third-order valence-corrected chi connectivity index (χ3v) is 1.87. The Morgan fingerprint density at radius 1 is 1.25 bits per heavy atom. The van der Waals surface area contributed by atoms with Crippen LogP contribution in [0.5, 0.6) is 0 Å². The summed E-state index contributed by atoms with van der Waals surface area (Å²) in [4.78, 5) is 10.4. The Morgan fingerprint density at radius 2 is 1.67 bits per heavy atom. The van der Waals surface area contributed by atoms with Crippen LogP contribution in [0.4, 0.5) is 0 Å². The highest BCUT2D eigenvalue weighted by atomic mass is 32.1. The smallest absolute Gasteiger partial charge is 0.335 e. The van der Waals surface area contributed by atoms with Crippen LogP contribution >= 0.6 is 24.8 Å². The summed E-state index contributed by atoms with van der Waals surface area (Å²) >= 11 is 8.75. The van der Waals surface area contributed by atoms with E-state index in [-0.39, 0.29) is 5.56 Å². The van der Waals surface area contributed by atoms with Crippen molar-refractivity contribution in [2.45, 2.75) is 0 Å². The van der Waals surface area contributed by atoms with Crippen molar-refractivity contribution in [1.29, 1.82) is 0 Å². The average Bonchev–Trinajstić information content (AvgIpc) is 2.04. The van der Waals surface area contributed by atoms with Gasteiger partial charge in [-0.25, -0.2) is 4.79 Å². The third kappa shape index (κ3) is 2.06. The first-order chi connectivity index (χ1) is 5.61. The Morgan fingerprint density at radius 3 is 2.00 bits per heavy atom. The molecule has 0 heterocycles. The fourth-order valence-corrected chi connectivity index (χ4v) is 1.04. The first kappa shape index (κ1) is 9.22. The van der Waals surface area contributed by atoms with E-state index in [0.717, 1.165) is 5.56 Å². The van der Waals surface area contributed by atoms with Gasteiger partial charge in [0.2, 0.25) is 0 Å². The minimum Gasteiger partial charge on any atom is -0.478 e. The quantitative estimate of drug-likeness (QED) is 0.563. The lowest BCUT2D eigenvalue weighted by Crippen LogP contribution is -1.96. The molecule has 0 radical (unpaired) electrons. The molecule has 0 aliphatic rings. The molecular weight excluding hydrogens is 192 g/mol. The highest BCUT2D eigenvalue weighted by Crippen LogP contribution is 2.07. The van der Waals surface area contributed by atoms with E-state index < -0.39 is 5.97 Å². The Balaban J connectivity index is 3.01. The summed E-state index contributed by atoms with van der Waals surface area (Å²) in [6.45, 7) is 0. The molecule has 0 aliphatic carbocycles. The molecule has 4 heteroatoms. The lowest BCUT2D eigenvalue weighted by Gasteiger charge is -1.97. The first-order valence-corrected chi connectivity index (χ1v) is 4.03. The van der Waals surface area contributed by atoms with E-state index in [1.54, 1.807) is 12.1 Å². The molecule has 12 heavy (non-hydrogen) atoms. The standard InChI is InChI=1S/C8H6O2S2/c9-7(10)5-1-3-6(4-2-5)8(11)12/h1-4H,(H,9,10)(H,11,12). The highest BCUT2D eigenvalue weighted by molar-refractivity contribution is 8.11. The Bertz CT molecular complexity index is 283. The second-order valence-corrected chi connectivity index (χ2v) is 3.35. The molecule has 0 aromatic heterocycles. The summed E-state index contributed by atoms with van der Waals surface area (Å²) in [6, 6.07) is 6.28. The van der Waals surface area contributed by atoms with Gasteiger partial charge in [-0.3, -0.25) is 0 Å². The summed E-state index contributed by atoms with van der Waals surface area (Å²) in [6.07, 6.45) is 0. The van der Waals surface area contributed by atoms with Crippen LogP contribution in [0.2, 0.25) is 0 Å². The molecule has 0 saturated carbocycles. The van der Waals surface area contributed by atoms with Crippen molar-refractivity contribution in [2.75, 3.05) is 0 Å². The molecule has 0 saturated heterocycles. The monoisotopic (exact) mass is 198 g/mol. The molecule has 1 rings (SSSR count). The molecule has 1 aromatic rings. The number of benzene rings is 1. The zero-order valence-corrected chi connectivity index (χ0v) is 7.73. The second kappa shape index (κ2) is 3.69. The molecular formula is C8H6O2S2. The molecule has 62 valence electrons. The molecule has 0 aliphatic heterocycles. The van der Waals surface area contributed by atoms with E-state index in [1.807, 2.05) is 0 Å². The Kier molecular flexibility index (Phi) is 2.83. The number of carbonyl (C=O) groups is 1. The van der Waals surface area contributed by atoms with Crippen LogP contribution in [-0.2, 0) is 0 Å². The SMILES string of the molecule is O=C(O)c1ccc(C(=S)S)cc1. The summed E-state index contributed by atoms with van der Waals surface area (Å²) in [5, 5.41) is 8.56. The molecule has 0 unspecified atom stereocenters. The topological polar surface area (TPSA) is 37.3 Å². The summed E-state index contributed by atoms with van der Waals surface area (Å²) in [5.41, 5.74) is 1.02. The van der Waals surface area contributed by atoms with Gasteiger partial charge < -0.3 is 5.11 Å². The van der Waals surface area contributed by atoms with Crippen LogP contribution in [0, 0.1) is 0 Å². The fourth-order valence-electron chi connectivity index (χ4n) is 0.755. The number of carboxylic acid groups (broad SMARTS) is 1. The zero-order valence-electron chi connectivity index (χ0n) is 6.02. The average molecular weight is 198 g/mol. The minimum atomic E-state index is -0.938. The number of hydrogen-bond donors (Lipinski definition) is 2. The van der Waals surface area contributed by atoms with Crippen molar-refractivity contribution in [3.63, 3.8) is 0 Å². The van der Waals surface area contributed by atoms with Crippen molar-refractivity contribution in [3.05, 3.63) is 35.4 Å². The van der Waals surface area contributed by atoms with Gasteiger partial charge in [0.25, 0.3) is 0 Å². The van der Waals surface area contributed by atoms with Crippen molar-refractivity contribution in [1.82, 2.24) is 0 Å². The van der Waals surface area contributed by atoms with Gasteiger partial charge in [-0.1, -0.05) is 24.4 Å². The van der Waals surface area contributed by atoms with Crippen molar-refractivity contribution in [3.8, 4) is 0 Å². The summed E-state index contributed by atoms with van der Waals surface area (Å²) in [7, 11) is 0. The van der Waals surface area contributed by atoms with Crippen LogP contribution < -0.4 is 0 Å². The van der Waals surface area contributed by atoms with E-state index >= 15 is 0 Å². The predicted molar refractivity (Wildman–Crippen MR) is 54.1 cm³/mol. The number of aromatic carboxylic acids is 1. The van der Waals surface area contributed by atoms with Gasteiger partial charge in [-0.05, 0) is 17.7 Å². The zero-order chi connectivity index (χ0) is 9.14. The molecule has 0 atom stereocenters. The van der Waals surface area contributed by atoms with Gasteiger partial charge in [0.05, 0.1) is 9.76 Å². The second-order valence-electron chi connectivity index (χ2n) is 2.19. The molecule has 1 N–H and O–H groups in total. The van der Waals surface area contributed by atoms with Crippen molar-refractivity contribution in [2.24, 2.45) is 0 Å². The van der Waals surface area contributed by atoms with E-state index in [9.17, 15) is 4.79 Å². The van der Waals surface area contributed by atoms with Crippen LogP contribution in [-0.4, -0.2) is 15.3 Å². The molecule has 0 amide bonds. The Labute approximate surface area is 80.6 Å². The number of thiocarbonyl (C=S) groups is 1. The predicted octanol–water partition coefficient (Wildman–Crippen LogP) is 1.99. The van der Waals surface area contributed by atoms with E-state index in [2.05, 4.69) is 12.6 Å². The molecule has 1 aromatic carbocycles. The van der Waals surface area contributed by atoms with Gasteiger partial charge in [0, 0.05) is 0 Å². The Hall–Kier alpha value is -0.870. The van der Waals surface area contributed by atoms with Gasteiger partial charge in [-0.15, -0.1) is 12.6 Å². The fraction of sp³-hybridized carbons (Fsp3) is 0. The first-order valence-electron chi connectivity index (χ1n) is 3.18.